The maximum atomic E-state index is 13.3. The number of hydrogen-bond donors (Lipinski definition) is 1. The molecule has 0 bridgehead atoms. The van der Waals surface area contributed by atoms with E-state index in [4.69, 9.17) is 14.8 Å². The Bertz CT molecular complexity index is 1240. The van der Waals surface area contributed by atoms with Crippen molar-refractivity contribution in [3.63, 3.8) is 0 Å². The van der Waals surface area contributed by atoms with Gasteiger partial charge >= 0.3 is 0 Å². The molecule has 170 valence electrons. The first-order chi connectivity index (χ1) is 15.8. The van der Waals surface area contributed by atoms with Crippen LogP contribution in [0.4, 0.5) is 5.95 Å². The van der Waals surface area contributed by atoms with E-state index < -0.39 is 0 Å². The van der Waals surface area contributed by atoms with Crippen molar-refractivity contribution in [2.75, 3.05) is 12.4 Å². The molecule has 3 aromatic rings. The molecule has 33 heavy (non-hydrogen) atoms. The molecule has 5 rings (SSSR count). The van der Waals surface area contributed by atoms with Gasteiger partial charge in [-0.05, 0) is 42.0 Å². The van der Waals surface area contributed by atoms with Crippen LogP contribution < -0.4 is 10.1 Å². The van der Waals surface area contributed by atoms with Crippen LogP contribution in [0.1, 0.15) is 49.4 Å². The zero-order valence-electron chi connectivity index (χ0n) is 19.4. The summed E-state index contributed by atoms with van der Waals surface area (Å²) in [5.41, 5.74) is 5.16. The smallest absolute Gasteiger partial charge is 0.227 e. The van der Waals surface area contributed by atoms with Gasteiger partial charge in [-0.15, -0.1) is 5.10 Å². The summed E-state index contributed by atoms with van der Waals surface area (Å²) in [6.45, 7) is 6.38. The molecular formula is C26H28N4O2S. The number of aryl methyl sites for hydroxylation is 1. The van der Waals surface area contributed by atoms with Gasteiger partial charge in [-0.1, -0.05) is 67.6 Å². The molecular weight excluding hydrogens is 432 g/mol. The van der Waals surface area contributed by atoms with E-state index in [-0.39, 0.29) is 17.2 Å². The van der Waals surface area contributed by atoms with E-state index >= 15 is 0 Å². The first-order valence-corrected chi connectivity index (χ1v) is 12.1. The average molecular weight is 461 g/mol. The molecule has 1 aromatic heterocycles. The Hall–Kier alpha value is -3.06. The molecule has 2 aromatic carbocycles. The standard InChI is InChI=1S/C26H28N4O2S/c1-16-6-5-7-17(12-16)15-33-25-28-24-27-20-13-26(2,3)14-21(31)22(20)23(30(24)29-25)18-8-10-19(32-4)11-9-18/h5-12,23H,13-15H2,1-4H3,(H,27,28,29)/t23-/m1/s1. The number of anilines is 1. The number of ketones is 1. The lowest BCUT2D eigenvalue weighted by Crippen LogP contribution is -2.36. The van der Waals surface area contributed by atoms with Crippen LogP contribution in [0.5, 0.6) is 5.75 Å². The van der Waals surface area contributed by atoms with Crippen LogP contribution in [-0.4, -0.2) is 27.7 Å². The van der Waals surface area contributed by atoms with Crippen LogP contribution >= 0.6 is 11.8 Å². The number of carbonyl (C=O) groups excluding carboxylic acids is 1. The number of rotatable bonds is 5. The molecule has 0 fully saturated rings. The highest BCUT2D eigenvalue weighted by molar-refractivity contribution is 7.98. The van der Waals surface area contributed by atoms with Crippen molar-refractivity contribution in [1.29, 1.82) is 0 Å². The lowest BCUT2D eigenvalue weighted by atomic mass is 9.73. The maximum Gasteiger partial charge on any atom is 0.227 e. The second-order valence-electron chi connectivity index (χ2n) is 9.57. The van der Waals surface area contributed by atoms with E-state index in [1.807, 2.05) is 28.9 Å². The Morgan fingerprint density at radius 3 is 2.70 bits per heavy atom. The summed E-state index contributed by atoms with van der Waals surface area (Å²) in [5, 5.41) is 8.98. The van der Waals surface area contributed by atoms with Crippen molar-refractivity contribution in [3.05, 3.63) is 76.5 Å². The Kier molecular flexibility index (Phi) is 5.52. The van der Waals surface area contributed by atoms with Crippen molar-refractivity contribution in [1.82, 2.24) is 14.8 Å². The number of ether oxygens (including phenoxy) is 1. The van der Waals surface area contributed by atoms with E-state index in [0.717, 1.165) is 34.8 Å². The van der Waals surface area contributed by atoms with E-state index in [9.17, 15) is 4.79 Å². The highest BCUT2D eigenvalue weighted by atomic mass is 32.2. The summed E-state index contributed by atoms with van der Waals surface area (Å²) < 4.78 is 7.21. The van der Waals surface area contributed by atoms with Crippen molar-refractivity contribution in [2.45, 2.75) is 50.6 Å². The fraction of sp³-hybridized carbons (Fsp3) is 0.346. The number of methoxy groups -OCH3 is 1. The summed E-state index contributed by atoms with van der Waals surface area (Å²) >= 11 is 1.61. The first-order valence-electron chi connectivity index (χ1n) is 11.1. The molecule has 1 aliphatic heterocycles. The zero-order valence-corrected chi connectivity index (χ0v) is 20.2. The Morgan fingerprint density at radius 1 is 1.18 bits per heavy atom. The van der Waals surface area contributed by atoms with Crippen LogP contribution in [0.25, 0.3) is 0 Å². The third-order valence-electron chi connectivity index (χ3n) is 6.19. The third kappa shape index (κ3) is 4.29. The highest BCUT2D eigenvalue weighted by Crippen LogP contribution is 2.45. The zero-order chi connectivity index (χ0) is 23.2. The fourth-order valence-corrected chi connectivity index (χ4v) is 5.47. The van der Waals surface area contributed by atoms with Gasteiger partial charge in [-0.3, -0.25) is 4.79 Å². The predicted octanol–water partition coefficient (Wildman–Crippen LogP) is 5.55. The number of benzene rings is 2. The van der Waals surface area contributed by atoms with Gasteiger partial charge in [0.15, 0.2) is 5.78 Å². The number of nitrogens with one attached hydrogen (secondary N) is 1. The second kappa shape index (κ2) is 8.37. The SMILES string of the molecule is COc1ccc([C@@H]2C3=C(CC(C)(C)CC3=O)Nc3nc(SCc4cccc(C)c4)nn32)cc1. The largest absolute Gasteiger partial charge is 0.497 e. The van der Waals surface area contributed by atoms with Crippen LogP contribution in [-0.2, 0) is 10.5 Å². The lowest BCUT2D eigenvalue weighted by molar-refractivity contribution is -0.118. The number of allylic oxidation sites excluding steroid dienone is 2. The molecule has 0 unspecified atom stereocenters. The van der Waals surface area contributed by atoms with Gasteiger partial charge in [0, 0.05) is 23.4 Å². The van der Waals surface area contributed by atoms with Gasteiger partial charge in [0.2, 0.25) is 11.1 Å². The van der Waals surface area contributed by atoms with Gasteiger partial charge in [-0.2, -0.15) is 4.98 Å². The molecule has 0 saturated carbocycles. The molecule has 2 aliphatic rings. The molecule has 0 radical (unpaired) electrons. The molecule has 1 aliphatic carbocycles. The molecule has 1 atom stereocenters. The number of Topliss-reactive ketones (excluding diaryl/α,β-unsaturated/α-hetero) is 1. The summed E-state index contributed by atoms with van der Waals surface area (Å²) in [5.74, 6) is 2.43. The minimum Gasteiger partial charge on any atom is -0.497 e. The molecule has 0 amide bonds. The second-order valence-corrected chi connectivity index (χ2v) is 10.5. The molecule has 1 N–H and O–H groups in total. The minimum absolute atomic E-state index is 0.0850. The molecule has 7 heteroatoms. The summed E-state index contributed by atoms with van der Waals surface area (Å²) in [6.07, 6.45) is 1.33. The third-order valence-corrected chi connectivity index (χ3v) is 7.10. The number of hydrogen-bond acceptors (Lipinski definition) is 6. The van der Waals surface area contributed by atoms with Crippen LogP contribution in [0, 0.1) is 12.3 Å². The summed E-state index contributed by atoms with van der Waals surface area (Å²) in [6, 6.07) is 16.1. The summed E-state index contributed by atoms with van der Waals surface area (Å²) in [7, 11) is 1.65. The van der Waals surface area contributed by atoms with Crippen LogP contribution in [0.15, 0.2) is 65.0 Å². The fourth-order valence-electron chi connectivity index (χ4n) is 4.69. The van der Waals surface area contributed by atoms with Gasteiger partial charge in [0.25, 0.3) is 0 Å². The Morgan fingerprint density at radius 2 is 1.97 bits per heavy atom. The molecule has 0 spiro atoms. The molecule has 0 saturated heterocycles. The number of carbonyl (C=O) groups is 1. The van der Waals surface area contributed by atoms with Crippen molar-refractivity contribution < 1.29 is 9.53 Å². The van der Waals surface area contributed by atoms with Gasteiger partial charge in [0.1, 0.15) is 11.8 Å². The quantitative estimate of drug-likeness (QED) is 0.504. The van der Waals surface area contributed by atoms with Gasteiger partial charge in [0.05, 0.1) is 7.11 Å². The predicted molar refractivity (Wildman–Crippen MR) is 131 cm³/mol. The van der Waals surface area contributed by atoms with E-state index in [0.29, 0.717) is 17.5 Å². The lowest BCUT2D eigenvalue weighted by Gasteiger charge is -2.38. The number of aromatic nitrogens is 3. The monoisotopic (exact) mass is 460 g/mol. The average Bonchev–Trinajstić information content (AvgIpc) is 3.18. The van der Waals surface area contributed by atoms with Gasteiger partial charge < -0.3 is 10.1 Å². The Labute approximate surface area is 198 Å². The van der Waals surface area contributed by atoms with E-state index in [1.165, 1.54) is 11.1 Å². The van der Waals surface area contributed by atoms with Crippen molar-refractivity contribution in [2.24, 2.45) is 5.41 Å². The topological polar surface area (TPSA) is 69.0 Å². The number of thioether (sulfide) groups is 1. The van der Waals surface area contributed by atoms with Crippen LogP contribution in [0.3, 0.4) is 0 Å². The summed E-state index contributed by atoms with van der Waals surface area (Å²) in [4.78, 5) is 18.1. The van der Waals surface area contributed by atoms with Crippen molar-refractivity contribution >= 4 is 23.5 Å². The highest BCUT2D eigenvalue weighted by Gasteiger charge is 2.41. The van der Waals surface area contributed by atoms with E-state index in [2.05, 4.69) is 50.4 Å². The number of fused-ring (bicyclic) bond motifs is 1. The molecule has 2 heterocycles. The van der Waals surface area contributed by atoms with Crippen LogP contribution in [0.2, 0.25) is 0 Å². The molecule has 6 nitrogen and oxygen atoms in total. The number of nitrogens with zero attached hydrogens (tertiary/aromatic N) is 3. The normalized spacial score (nSPS) is 19.0. The van der Waals surface area contributed by atoms with Gasteiger partial charge in [-0.25, -0.2) is 4.68 Å². The first kappa shape index (κ1) is 21.8. The Balaban J connectivity index is 1.52. The van der Waals surface area contributed by atoms with Crippen molar-refractivity contribution in [3.8, 4) is 5.75 Å². The maximum absolute atomic E-state index is 13.3. The minimum atomic E-state index is -0.299. The van der Waals surface area contributed by atoms with E-state index in [1.54, 1.807) is 18.9 Å².